The third kappa shape index (κ3) is 5.00. The lowest BCUT2D eigenvalue weighted by atomic mass is 9.87. The summed E-state index contributed by atoms with van der Waals surface area (Å²) < 4.78 is 0. The maximum atomic E-state index is 12.1. The number of hydrogen-bond donors (Lipinski definition) is 2. The number of halogens is 1. The molecule has 124 valence electrons. The van der Waals surface area contributed by atoms with Gasteiger partial charge in [0.1, 0.15) is 0 Å². The van der Waals surface area contributed by atoms with Crippen LogP contribution in [0.1, 0.15) is 36.7 Å². The van der Waals surface area contributed by atoms with Crippen LogP contribution in [0.4, 0.5) is 5.69 Å². The zero-order valence-electron chi connectivity index (χ0n) is 14.1. The first-order valence-corrected chi connectivity index (χ1v) is 6.92. The molecule has 0 radical (unpaired) electrons. The van der Waals surface area contributed by atoms with Crippen LogP contribution in [0.25, 0.3) is 0 Å². The third-order valence-corrected chi connectivity index (χ3v) is 3.36. The number of amides is 2. The molecule has 1 aromatic carbocycles. The van der Waals surface area contributed by atoms with Gasteiger partial charge in [-0.25, -0.2) is 0 Å². The molecule has 0 aliphatic carbocycles. The van der Waals surface area contributed by atoms with Gasteiger partial charge in [0.05, 0.1) is 6.04 Å². The van der Waals surface area contributed by atoms with E-state index in [1.807, 2.05) is 33.8 Å². The fourth-order valence-electron chi connectivity index (χ4n) is 1.78. The summed E-state index contributed by atoms with van der Waals surface area (Å²) in [6.07, 6.45) is 0. The van der Waals surface area contributed by atoms with Crippen molar-refractivity contribution in [3.63, 3.8) is 0 Å². The highest BCUT2D eigenvalue weighted by molar-refractivity contribution is 5.99. The molecular weight excluding hydrogens is 302 g/mol. The molecule has 0 saturated carbocycles. The van der Waals surface area contributed by atoms with Gasteiger partial charge in [0, 0.05) is 25.3 Å². The van der Waals surface area contributed by atoms with E-state index in [0.717, 1.165) is 5.56 Å². The molecule has 0 spiro atoms. The predicted molar refractivity (Wildman–Crippen MR) is 92.5 cm³/mol. The minimum atomic E-state index is -0.619. The number of nitrogens with zero attached hydrogens (tertiary/aromatic N) is 1. The number of nitrogens with two attached hydrogens (primary N) is 1. The fourth-order valence-corrected chi connectivity index (χ4v) is 1.78. The molecule has 22 heavy (non-hydrogen) atoms. The maximum absolute atomic E-state index is 12.1. The van der Waals surface area contributed by atoms with Gasteiger partial charge in [-0.15, -0.1) is 12.4 Å². The third-order valence-electron chi connectivity index (χ3n) is 3.36. The molecule has 5 nitrogen and oxygen atoms in total. The van der Waals surface area contributed by atoms with E-state index in [2.05, 4.69) is 5.32 Å². The number of carbonyl (C=O) groups is 2. The van der Waals surface area contributed by atoms with Crippen molar-refractivity contribution >= 4 is 29.9 Å². The van der Waals surface area contributed by atoms with Gasteiger partial charge in [0.25, 0.3) is 5.91 Å². The highest BCUT2D eigenvalue weighted by atomic mass is 35.5. The van der Waals surface area contributed by atoms with Gasteiger partial charge in [0.15, 0.2) is 0 Å². The lowest BCUT2D eigenvalue weighted by molar-refractivity contribution is -0.119. The Kier molecular flexibility index (Phi) is 7.06. The summed E-state index contributed by atoms with van der Waals surface area (Å²) in [6.45, 7) is 7.59. The molecule has 0 saturated heterocycles. The normalized spacial score (nSPS) is 12.1. The van der Waals surface area contributed by atoms with Crippen LogP contribution in [0, 0.1) is 12.3 Å². The molecule has 6 heteroatoms. The second-order valence-corrected chi connectivity index (χ2v) is 6.56. The zero-order valence-corrected chi connectivity index (χ0v) is 14.9. The number of hydrogen-bond acceptors (Lipinski definition) is 3. The Bertz CT molecular complexity index is 551. The number of aryl methyl sites for hydroxylation is 1. The standard InChI is InChI=1S/C16H25N3O2.ClH/c1-10-7-8-11(9-12(10)15(21)19(5)6)18-14(20)13(17)16(2,3)4;/h7-9,13H,17H2,1-6H3,(H,18,20);1H/t13-;/m1./s1. The predicted octanol–water partition coefficient (Wildman–Crippen LogP) is 2.43. The highest BCUT2D eigenvalue weighted by Crippen LogP contribution is 2.21. The van der Waals surface area contributed by atoms with Crippen molar-refractivity contribution in [3.05, 3.63) is 29.3 Å². The number of nitrogens with one attached hydrogen (secondary N) is 1. The minimum absolute atomic E-state index is 0. The summed E-state index contributed by atoms with van der Waals surface area (Å²) in [7, 11) is 3.39. The molecule has 0 fully saturated rings. The Labute approximate surface area is 138 Å². The molecular formula is C16H26ClN3O2. The molecule has 0 aliphatic heterocycles. The lowest BCUT2D eigenvalue weighted by Crippen LogP contribution is -2.45. The first-order valence-electron chi connectivity index (χ1n) is 6.92. The summed E-state index contributed by atoms with van der Waals surface area (Å²) in [5, 5.41) is 2.77. The van der Waals surface area contributed by atoms with E-state index in [4.69, 9.17) is 5.73 Å². The van der Waals surface area contributed by atoms with Gasteiger partial charge in [-0.3, -0.25) is 9.59 Å². The Morgan fingerprint density at radius 2 is 1.77 bits per heavy atom. The van der Waals surface area contributed by atoms with Crippen LogP contribution < -0.4 is 11.1 Å². The Balaban J connectivity index is 0.00000441. The van der Waals surface area contributed by atoms with Crippen molar-refractivity contribution in [2.75, 3.05) is 19.4 Å². The summed E-state index contributed by atoms with van der Waals surface area (Å²) in [4.78, 5) is 25.7. The van der Waals surface area contributed by atoms with Crippen molar-refractivity contribution in [1.82, 2.24) is 4.90 Å². The van der Waals surface area contributed by atoms with Crippen molar-refractivity contribution in [1.29, 1.82) is 0 Å². The zero-order chi connectivity index (χ0) is 16.4. The van der Waals surface area contributed by atoms with Crippen LogP contribution in [-0.2, 0) is 4.79 Å². The van der Waals surface area contributed by atoms with E-state index in [-0.39, 0.29) is 29.6 Å². The fraction of sp³-hybridized carbons (Fsp3) is 0.500. The topological polar surface area (TPSA) is 75.4 Å². The first kappa shape index (κ1) is 20.4. The monoisotopic (exact) mass is 327 g/mol. The van der Waals surface area contributed by atoms with E-state index in [9.17, 15) is 9.59 Å². The van der Waals surface area contributed by atoms with Crippen LogP contribution >= 0.6 is 12.4 Å². The van der Waals surface area contributed by atoms with Crippen LogP contribution in [0.2, 0.25) is 0 Å². The summed E-state index contributed by atoms with van der Waals surface area (Å²) >= 11 is 0. The first-order chi connectivity index (χ1) is 9.54. The maximum Gasteiger partial charge on any atom is 0.253 e. The Morgan fingerprint density at radius 3 is 2.23 bits per heavy atom. The summed E-state index contributed by atoms with van der Waals surface area (Å²) in [5.41, 5.74) is 7.63. The average molecular weight is 328 g/mol. The van der Waals surface area contributed by atoms with Crippen molar-refractivity contribution < 1.29 is 9.59 Å². The second-order valence-electron chi connectivity index (χ2n) is 6.56. The van der Waals surface area contributed by atoms with Crippen molar-refractivity contribution in [2.45, 2.75) is 33.7 Å². The van der Waals surface area contributed by atoms with E-state index < -0.39 is 6.04 Å². The smallest absolute Gasteiger partial charge is 0.253 e. The second kappa shape index (κ2) is 7.61. The summed E-state index contributed by atoms with van der Waals surface area (Å²) in [6, 6.07) is 4.65. The van der Waals surface area contributed by atoms with E-state index in [0.29, 0.717) is 11.3 Å². The Morgan fingerprint density at radius 1 is 1.23 bits per heavy atom. The summed E-state index contributed by atoms with van der Waals surface area (Å²) in [5.74, 6) is -0.349. The Hall–Kier alpha value is -1.59. The van der Waals surface area contributed by atoms with Gasteiger partial charge in [-0.05, 0) is 30.0 Å². The van der Waals surface area contributed by atoms with Gasteiger partial charge in [-0.1, -0.05) is 26.8 Å². The van der Waals surface area contributed by atoms with Crippen LogP contribution in [0.5, 0.6) is 0 Å². The van der Waals surface area contributed by atoms with Gasteiger partial charge >= 0.3 is 0 Å². The number of anilines is 1. The average Bonchev–Trinajstić information content (AvgIpc) is 2.37. The van der Waals surface area contributed by atoms with Crippen LogP contribution in [0.3, 0.4) is 0 Å². The number of benzene rings is 1. The molecule has 0 bridgehead atoms. The van der Waals surface area contributed by atoms with Gasteiger partial charge < -0.3 is 16.0 Å². The quantitative estimate of drug-likeness (QED) is 0.895. The SMILES string of the molecule is Cc1ccc(NC(=O)[C@@H](N)C(C)(C)C)cc1C(=O)N(C)C.Cl. The van der Waals surface area contributed by atoms with Crippen molar-refractivity contribution in [3.8, 4) is 0 Å². The van der Waals surface area contributed by atoms with Crippen molar-refractivity contribution in [2.24, 2.45) is 11.1 Å². The van der Waals surface area contributed by atoms with Gasteiger partial charge in [-0.2, -0.15) is 0 Å². The number of carbonyl (C=O) groups excluding carboxylic acids is 2. The van der Waals surface area contributed by atoms with E-state index in [1.54, 1.807) is 26.2 Å². The molecule has 3 N–H and O–H groups in total. The van der Waals surface area contributed by atoms with E-state index >= 15 is 0 Å². The molecule has 0 aromatic heterocycles. The molecule has 1 rings (SSSR count). The molecule has 0 heterocycles. The van der Waals surface area contributed by atoms with Crippen LogP contribution in [-0.4, -0.2) is 36.9 Å². The highest BCUT2D eigenvalue weighted by Gasteiger charge is 2.27. The van der Waals surface area contributed by atoms with E-state index in [1.165, 1.54) is 4.90 Å². The minimum Gasteiger partial charge on any atom is -0.345 e. The molecule has 1 atom stereocenters. The lowest BCUT2D eigenvalue weighted by Gasteiger charge is -2.26. The van der Waals surface area contributed by atoms with Gasteiger partial charge in [0.2, 0.25) is 5.91 Å². The van der Waals surface area contributed by atoms with Crippen LogP contribution in [0.15, 0.2) is 18.2 Å². The number of rotatable bonds is 3. The molecule has 0 unspecified atom stereocenters. The molecule has 1 aromatic rings. The largest absolute Gasteiger partial charge is 0.345 e. The molecule has 0 aliphatic rings. The molecule has 2 amide bonds.